The summed E-state index contributed by atoms with van der Waals surface area (Å²) < 4.78 is 0. The van der Waals surface area contributed by atoms with Crippen molar-refractivity contribution in [1.82, 2.24) is 26.3 Å². The molecular weight excluding hydrogens is 533 g/mol. The molecule has 2 unspecified atom stereocenters. The van der Waals surface area contributed by atoms with Crippen molar-refractivity contribution in [3.63, 3.8) is 0 Å². The lowest BCUT2D eigenvalue weighted by atomic mass is 9.95. The number of benzene rings is 2. The second-order valence-electron chi connectivity index (χ2n) is 8.88. The zero-order valence-electron chi connectivity index (χ0n) is 20.1. The Kier molecular flexibility index (Phi) is 8.65. The molecule has 2 aromatic carbocycles. The van der Waals surface area contributed by atoms with Crippen LogP contribution in [0.15, 0.2) is 48.5 Å². The van der Waals surface area contributed by atoms with Gasteiger partial charge in [0, 0.05) is 34.9 Å². The van der Waals surface area contributed by atoms with E-state index in [0.717, 1.165) is 5.56 Å². The maximum absolute atomic E-state index is 12.9. The van der Waals surface area contributed by atoms with Crippen LogP contribution in [0, 0.1) is 5.92 Å². The number of carbonyl (C=O) groups is 5. The van der Waals surface area contributed by atoms with Crippen molar-refractivity contribution in [3.05, 3.63) is 69.8 Å². The van der Waals surface area contributed by atoms with Gasteiger partial charge < -0.3 is 26.3 Å². The van der Waals surface area contributed by atoms with Crippen LogP contribution in [0.5, 0.6) is 0 Å². The molecule has 1 aliphatic heterocycles. The Hall–Kier alpha value is -3.89. The molecule has 4 rings (SSSR count). The monoisotopic (exact) mass is 557 g/mol. The van der Waals surface area contributed by atoms with E-state index in [1.807, 2.05) is 6.07 Å². The number of halogens is 2. The second kappa shape index (κ2) is 12.1. The van der Waals surface area contributed by atoms with E-state index < -0.39 is 42.0 Å². The van der Waals surface area contributed by atoms with Gasteiger partial charge in [0.2, 0.25) is 17.6 Å². The molecule has 12 heteroatoms. The van der Waals surface area contributed by atoms with Gasteiger partial charge in [0.05, 0.1) is 17.6 Å². The van der Waals surface area contributed by atoms with Crippen LogP contribution in [0.1, 0.15) is 28.9 Å². The molecular formula is C26H25Cl2N5O5. The topological polar surface area (TPSA) is 149 Å². The molecule has 10 nitrogen and oxygen atoms in total. The molecule has 3 aromatic rings. The summed E-state index contributed by atoms with van der Waals surface area (Å²) in [6.45, 7) is 0.120. The van der Waals surface area contributed by atoms with Crippen LogP contribution < -0.4 is 21.3 Å². The third-order valence-corrected chi connectivity index (χ3v) is 6.69. The normalized spacial score (nSPS) is 15.5. The number of amides is 4. The van der Waals surface area contributed by atoms with Crippen molar-refractivity contribution in [3.8, 4) is 0 Å². The predicted octanol–water partition coefficient (Wildman–Crippen LogP) is 2.10. The molecule has 198 valence electrons. The van der Waals surface area contributed by atoms with Crippen LogP contribution in [0.25, 0.3) is 10.9 Å². The molecule has 1 aromatic heterocycles. The number of Topliss-reactive ketones (excluding diaryl/α,β-unsaturated/α-hetero) is 1. The van der Waals surface area contributed by atoms with Crippen molar-refractivity contribution < 1.29 is 24.0 Å². The van der Waals surface area contributed by atoms with Crippen LogP contribution in [-0.2, 0) is 25.7 Å². The highest BCUT2D eigenvalue weighted by Gasteiger charge is 2.34. The summed E-state index contributed by atoms with van der Waals surface area (Å²) in [5.74, 6) is -3.79. The predicted molar refractivity (Wildman–Crippen MR) is 142 cm³/mol. The van der Waals surface area contributed by atoms with Gasteiger partial charge in [0.1, 0.15) is 5.69 Å². The van der Waals surface area contributed by atoms with Crippen LogP contribution in [0.3, 0.4) is 0 Å². The number of rotatable bonds is 10. The maximum Gasteiger partial charge on any atom is 0.289 e. The Labute approximate surface area is 227 Å². The first-order valence-corrected chi connectivity index (χ1v) is 12.7. The van der Waals surface area contributed by atoms with E-state index in [1.165, 1.54) is 6.07 Å². The van der Waals surface area contributed by atoms with Crippen molar-refractivity contribution in [1.29, 1.82) is 0 Å². The summed E-state index contributed by atoms with van der Waals surface area (Å²) in [6.07, 6.45) is 0.443. The summed E-state index contributed by atoms with van der Waals surface area (Å²) in [5, 5.41) is 11.5. The first-order valence-electron chi connectivity index (χ1n) is 11.9. The van der Waals surface area contributed by atoms with Crippen LogP contribution >= 0.6 is 23.2 Å². The van der Waals surface area contributed by atoms with Gasteiger partial charge in [0.15, 0.2) is 0 Å². The van der Waals surface area contributed by atoms with Gasteiger partial charge in [-0.15, -0.1) is 0 Å². The fraction of sp³-hybridized carbons (Fsp3) is 0.269. The number of hydrogen-bond acceptors (Lipinski definition) is 5. The number of fused-ring (bicyclic) bond motifs is 1. The smallest absolute Gasteiger partial charge is 0.289 e. The van der Waals surface area contributed by atoms with Crippen LogP contribution in [0.2, 0.25) is 10.0 Å². The van der Waals surface area contributed by atoms with Gasteiger partial charge in [-0.05, 0) is 36.6 Å². The molecule has 2 atom stereocenters. The number of H-pyrrole nitrogens is 1. The van der Waals surface area contributed by atoms with Gasteiger partial charge in [0.25, 0.3) is 11.8 Å². The minimum atomic E-state index is -1.24. The average molecular weight is 558 g/mol. The third kappa shape index (κ3) is 6.70. The molecule has 0 radical (unpaired) electrons. The van der Waals surface area contributed by atoms with E-state index in [9.17, 15) is 24.0 Å². The Morgan fingerprint density at radius 2 is 1.79 bits per heavy atom. The lowest BCUT2D eigenvalue weighted by molar-refractivity contribution is -0.140. The molecule has 1 aliphatic rings. The van der Waals surface area contributed by atoms with Gasteiger partial charge in [-0.25, -0.2) is 0 Å². The summed E-state index contributed by atoms with van der Waals surface area (Å²) in [4.78, 5) is 65.7. The summed E-state index contributed by atoms with van der Waals surface area (Å²) in [6, 6.07) is 12.5. The molecule has 0 bridgehead atoms. The highest BCUT2D eigenvalue weighted by atomic mass is 35.5. The van der Waals surface area contributed by atoms with Crippen molar-refractivity contribution in [2.45, 2.75) is 25.4 Å². The zero-order valence-corrected chi connectivity index (χ0v) is 21.6. The van der Waals surface area contributed by atoms with Gasteiger partial charge in [-0.1, -0.05) is 53.5 Å². The summed E-state index contributed by atoms with van der Waals surface area (Å²) >= 11 is 12.2. The van der Waals surface area contributed by atoms with Crippen molar-refractivity contribution >= 4 is 63.5 Å². The van der Waals surface area contributed by atoms with Gasteiger partial charge in [-0.2, -0.15) is 0 Å². The standard InChI is InChI=1S/C26H25Cl2N5O5/c27-16-9-18(28)17-11-21(32-19(17)10-16)25(37)31-13-22(34)33-20(8-15-6-7-29-24(15)36)23(35)26(38)30-12-14-4-2-1-3-5-14/h1-5,9-11,15,20,32H,6-8,12-13H2,(H,29,36)(H,30,38)(H,31,37)(H,33,34). The first kappa shape index (κ1) is 27.2. The van der Waals surface area contributed by atoms with E-state index in [1.54, 1.807) is 36.4 Å². The Balaban J connectivity index is 1.38. The number of ketones is 1. The van der Waals surface area contributed by atoms with E-state index in [4.69, 9.17) is 23.2 Å². The van der Waals surface area contributed by atoms with Crippen LogP contribution in [0.4, 0.5) is 0 Å². The van der Waals surface area contributed by atoms with E-state index in [0.29, 0.717) is 33.9 Å². The first-order chi connectivity index (χ1) is 18.2. The second-order valence-corrected chi connectivity index (χ2v) is 9.72. The zero-order chi connectivity index (χ0) is 27.2. The molecule has 0 saturated carbocycles. The number of nitrogens with one attached hydrogen (secondary N) is 5. The number of aromatic nitrogens is 1. The number of hydrogen-bond donors (Lipinski definition) is 5. The largest absolute Gasteiger partial charge is 0.356 e. The molecule has 0 spiro atoms. The van der Waals surface area contributed by atoms with Crippen LogP contribution in [-0.4, -0.2) is 53.5 Å². The molecule has 38 heavy (non-hydrogen) atoms. The van der Waals surface area contributed by atoms with E-state index in [-0.39, 0.29) is 24.6 Å². The Morgan fingerprint density at radius 1 is 1.03 bits per heavy atom. The van der Waals surface area contributed by atoms with Crippen molar-refractivity contribution in [2.75, 3.05) is 13.1 Å². The maximum atomic E-state index is 12.9. The minimum Gasteiger partial charge on any atom is -0.356 e. The summed E-state index contributed by atoms with van der Waals surface area (Å²) in [7, 11) is 0. The Morgan fingerprint density at radius 3 is 2.50 bits per heavy atom. The average Bonchev–Trinajstić information content (AvgIpc) is 3.51. The highest BCUT2D eigenvalue weighted by molar-refractivity contribution is 6.39. The van der Waals surface area contributed by atoms with E-state index in [2.05, 4.69) is 26.3 Å². The number of carbonyl (C=O) groups excluding carboxylic acids is 5. The SMILES string of the molecule is O=C(CNC(=O)c1cc2c(Cl)cc(Cl)cc2[nH]1)NC(CC1CCNC1=O)C(=O)C(=O)NCc1ccccc1. The van der Waals surface area contributed by atoms with Crippen molar-refractivity contribution in [2.24, 2.45) is 5.92 Å². The summed E-state index contributed by atoms with van der Waals surface area (Å²) in [5.41, 5.74) is 1.51. The quantitative estimate of drug-likeness (QED) is 0.242. The van der Waals surface area contributed by atoms with Gasteiger partial charge in [-0.3, -0.25) is 24.0 Å². The molecule has 1 fully saturated rings. The van der Waals surface area contributed by atoms with Gasteiger partial charge >= 0.3 is 0 Å². The molecule has 1 saturated heterocycles. The fourth-order valence-electron chi connectivity index (χ4n) is 4.19. The third-order valence-electron chi connectivity index (χ3n) is 6.16. The highest BCUT2D eigenvalue weighted by Crippen LogP contribution is 2.28. The molecule has 0 aliphatic carbocycles. The minimum absolute atomic E-state index is 0.0373. The molecule has 4 amide bonds. The molecule has 5 N–H and O–H groups in total. The number of aromatic amines is 1. The Bertz CT molecular complexity index is 1390. The lowest BCUT2D eigenvalue weighted by Gasteiger charge is -2.20. The van der Waals surface area contributed by atoms with E-state index >= 15 is 0 Å². The lowest BCUT2D eigenvalue weighted by Crippen LogP contribution is -2.51. The fourth-order valence-corrected chi connectivity index (χ4v) is 4.74. The molecule has 2 heterocycles.